The van der Waals surface area contributed by atoms with Crippen LogP contribution >= 0.6 is 0 Å². The molecule has 0 unspecified atom stereocenters. The number of nitrogens with zero attached hydrogens (tertiary/aromatic N) is 3. The Morgan fingerprint density at radius 1 is 1.04 bits per heavy atom. The van der Waals surface area contributed by atoms with Gasteiger partial charge in [0.2, 0.25) is 0 Å². The van der Waals surface area contributed by atoms with Crippen LogP contribution < -0.4 is 4.90 Å². The molecule has 1 heterocycles. The number of nitro groups is 1. The Kier molecular flexibility index (Phi) is 4.45. The van der Waals surface area contributed by atoms with Gasteiger partial charge in [0.25, 0.3) is 11.6 Å². The molecule has 3 aromatic carbocycles. The Balaban J connectivity index is 1.74. The van der Waals surface area contributed by atoms with E-state index < -0.39 is 10.8 Å². The van der Waals surface area contributed by atoms with Crippen LogP contribution in [0.1, 0.15) is 27.0 Å². The Hall–Kier alpha value is -3.80. The molecule has 1 amide bonds. The number of hydrogen-bond acceptors (Lipinski definition) is 3. The van der Waals surface area contributed by atoms with Gasteiger partial charge in [0.1, 0.15) is 5.84 Å². The average molecular weight is 371 g/mol. The van der Waals surface area contributed by atoms with Crippen LogP contribution in [0.5, 0.6) is 0 Å². The van der Waals surface area contributed by atoms with E-state index in [9.17, 15) is 14.9 Å². The summed E-state index contributed by atoms with van der Waals surface area (Å²) in [5.74, 6) is 0.156. The van der Waals surface area contributed by atoms with E-state index in [1.807, 2.05) is 54.3 Å². The maximum atomic E-state index is 12.8. The molecule has 3 aromatic rings. The van der Waals surface area contributed by atoms with Crippen molar-refractivity contribution in [1.82, 2.24) is 0 Å². The lowest BCUT2D eigenvalue weighted by atomic mass is 10.1. The molecular formula is C22H17N3O3. The number of nitro benzene ring substituents is 1. The predicted molar refractivity (Wildman–Crippen MR) is 108 cm³/mol. The molecule has 0 N–H and O–H groups in total. The van der Waals surface area contributed by atoms with Crippen LogP contribution in [0.15, 0.2) is 77.8 Å². The maximum absolute atomic E-state index is 12.8. The molecule has 0 spiro atoms. The second-order valence-electron chi connectivity index (χ2n) is 6.63. The van der Waals surface area contributed by atoms with Crippen molar-refractivity contribution in [2.24, 2.45) is 4.99 Å². The Labute approximate surface area is 161 Å². The molecular weight excluding hydrogens is 354 g/mol. The molecule has 1 aliphatic heterocycles. The topological polar surface area (TPSA) is 75.8 Å². The lowest BCUT2D eigenvalue weighted by molar-refractivity contribution is -0.384. The van der Waals surface area contributed by atoms with E-state index in [1.165, 1.54) is 24.3 Å². The minimum atomic E-state index is -0.493. The third kappa shape index (κ3) is 3.27. The predicted octanol–water partition coefficient (Wildman–Crippen LogP) is 4.51. The highest BCUT2D eigenvalue weighted by Gasteiger charge is 2.27. The molecule has 0 atom stereocenters. The van der Waals surface area contributed by atoms with Crippen LogP contribution in [0.25, 0.3) is 0 Å². The fourth-order valence-electron chi connectivity index (χ4n) is 3.28. The summed E-state index contributed by atoms with van der Waals surface area (Å²) in [7, 11) is 0. The van der Waals surface area contributed by atoms with Gasteiger partial charge in [-0.1, -0.05) is 36.4 Å². The SMILES string of the molecule is Cc1cccc(N2Cc3ccccc3C2=NC(=O)c2ccc([N+](=O)[O-])cc2)c1. The first-order chi connectivity index (χ1) is 13.5. The van der Waals surface area contributed by atoms with Gasteiger partial charge >= 0.3 is 0 Å². The number of hydrogen-bond donors (Lipinski definition) is 0. The van der Waals surface area contributed by atoms with E-state index in [0.29, 0.717) is 17.9 Å². The number of rotatable bonds is 3. The minimum Gasteiger partial charge on any atom is -0.321 e. The van der Waals surface area contributed by atoms with Gasteiger partial charge in [-0.25, -0.2) is 0 Å². The first-order valence-electron chi connectivity index (χ1n) is 8.83. The Morgan fingerprint density at radius 3 is 2.50 bits per heavy atom. The zero-order valence-corrected chi connectivity index (χ0v) is 15.2. The number of aliphatic imine (C=N–C) groups is 1. The molecule has 1 aliphatic rings. The Bertz CT molecular complexity index is 1100. The summed E-state index contributed by atoms with van der Waals surface area (Å²) in [5, 5.41) is 10.8. The van der Waals surface area contributed by atoms with Crippen LogP contribution in [0.3, 0.4) is 0 Å². The van der Waals surface area contributed by atoms with Crippen LogP contribution in [-0.2, 0) is 6.54 Å². The van der Waals surface area contributed by atoms with Crippen molar-refractivity contribution < 1.29 is 9.72 Å². The quantitative estimate of drug-likeness (QED) is 0.501. The minimum absolute atomic E-state index is 0.0585. The van der Waals surface area contributed by atoms with Gasteiger partial charge < -0.3 is 4.90 Å². The van der Waals surface area contributed by atoms with Gasteiger partial charge in [-0.05, 0) is 42.3 Å². The van der Waals surface area contributed by atoms with E-state index >= 15 is 0 Å². The van der Waals surface area contributed by atoms with Gasteiger partial charge in [-0.15, -0.1) is 0 Å². The van der Waals surface area contributed by atoms with Crippen molar-refractivity contribution in [3.05, 3.63) is 105 Å². The molecule has 138 valence electrons. The maximum Gasteiger partial charge on any atom is 0.278 e. The third-order valence-electron chi connectivity index (χ3n) is 4.69. The second kappa shape index (κ2) is 7.08. The lowest BCUT2D eigenvalue weighted by Crippen LogP contribution is -2.25. The van der Waals surface area contributed by atoms with Gasteiger partial charge in [0, 0.05) is 28.9 Å². The van der Waals surface area contributed by atoms with Gasteiger partial charge in [0.15, 0.2) is 0 Å². The highest BCUT2D eigenvalue weighted by Crippen LogP contribution is 2.29. The van der Waals surface area contributed by atoms with Crippen molar-refractivity contribution in [2.75, 3.05) is 4.90 Å². The molecule has 0 fully saturated rings. The standard InChI is InChI=1S/C22H17N3O3/c1-15-5-4-7-19(13-15)24-14-17-6-2-3-8-20(17)21(24)23-22(26)16-9-11-18(12-10-16)25(27)28/h2-13H,14H2,1H3. The fraction of sp³-hybridized carbons (Fsp3) is 0.0909. The van der Waals surface area contributed by atoms with Gasteiger partial charge in [0.05, 0.1) is 11.5 Å². The number of amidine groups is 1. The van der Waals surface area contributed by atoms with Crippen molar-refractivity contribution in [2.45, 2.75) is 13.5 Å². The van der Waals surface area contributed by atoms with E-state index in [-0.39, 0.29) is 5.69 Å². The Morgan fingerprint density at radius 2 is 1.79 bits per heavy atom. The normalized spacial score (nSPS) is 14.2. The lowest BCUT2D eigenvalue weighted by Gasteiger charge is -2.19. The fourth-order valence-corrected chi connectivity index (χ4v) is 3.28. The van der Waals surface area contributed by atoms with Crippen molar-refractivity contribution in [3.63, 3.8) is 0 Å². The number of carbonyl (C=O) groups is 1. The summed E-state index contributed by atoms with van der Waals surface area (Å²) in [4.78, 5) is 29.5. The van der Waals surface area contributed by atoms with Crippen LogP contribution in [0.2, 0.25) is 0 Å². The zero-order valence-electron chi connectivity index (χ0n) is 15.2. The first kappa shape index (κ1) is 17.6. The molecule has 6 heteroatoms. The second-order valence-corrected chi connectivity index (χ2v) is 6.63. The highest BCUT2D eigenvalue weighted by molar-refractivity contribution is 6.18. The summed E-state index contributed by atoms with van der Waals surface area (Å²) in [5.41, 5.74) is 4.35. The summed E-state index contributed by atoms with van der Waals surface area (Å²) in [6.07, 6.45) is 0. The van der Waals surface area contributed by atoms with Crippen molar-refractivity contribution in [3.8, 4) is 0 Å². The largest absolute Gasteiger partial charge is 0.321 e. The third-order valence-corrected chi connectivity index (χ3v) is 4.69. The smallest absolute Gasteiger partial charge is 0.278 e. The van der Waals surface area contributed by atoms with E-state index in [4.69, 9.17) is 0 Å². The van der Waals surface area contributed by atoms with Crippen LogP contribution in [0.4, 0.5) is 11.4 Å². The van der Waals surface area contributed by atoms with E-state index in [2.05, 4.69) is 11.1 Å². The van der Waals surface area contributed by atoms with E-state index in [1.54, 1.807) is 0 Å². The summed E-state index contributed by atoms with van der Waals surface area (Å²) in [6, 6.07) is 21.4. The zero-order chi connectivity index (χ0) is 19.7. The molecule has 0 aliphatic carbocycles. The molecule has 4 rings (SSSR count). The van der Waals surface area contributed by atoms with E-state index in [0.717, 1.165) is 22.4 Å². The molecule has 0 saturated heterocycles. The van der Waals surface area contributed by atoms with Crippen molar-refractivity contribution >= 4 is 23.1 Å². The number of amides is 1. The average Bonchev–Trinajstić information content (AvgIpc) is 3.06. The van der Waals surface area contributed by atoms with Crippen LogP contribution in [0, 0.1) is 17.0 Å². The number of non-ortho nitro benzene ring substituents is 1. The number of aryl methyl sites for hydroxylation is 1. The molecule has 0 bridgehead atoms. The first-order valence-corrected chi connectivity index (χ1v) is 8.83. The van der Waals surface area contributed by atoms with Crippen LogP contribution in [-0.4, -0.2) is 16.7 Å². The monoisotopic (exact) mass is 371 g/mol. The highest BCUT2D eigenvalue weighted by atomic mass is 16.6. The number of fused-ring (bicyclic) bond motifs is 1. The molecule has 6 nitrogen and oxygen atoms in total. The molecule has 0 aromatic heterocycles. The molecule has 0 radical (unpaired) electrons. The summed E-state index contributed by atoms with van der Waals surface area (Å²) >= 11 is 0. The number of benzene rings is 3. The van der Waals surface area contributed by atoms with Gasteiger partial charge in [-0.3, -0.25) is 14.9 Å². The molecule has 28 heavy (non-hydrogen) atoms. The van der Waals surface area contributed by atoms with Crippen molar-refractivity contribution in [1.29, 1.82) is 0 Å². The summed E-state index contributed by atoms with van der Waals surface area (Å²) < 4.78 is 0. The summed E-state index contributed by atoms with van der Waals surface area (Å²) in [6.45, 7) is 2.65. The molecule has 0 saturated carbocycles. The number of carbonyl (C=O) groups excluding carboxylic acids is 1. The van der Waals surface area contributed by atoms with Gasteiger partial charge in [-0.2, -0.15) is 4.99 Å². The number of anilines is 1.